The molecule has 4 rings (SSSR count). The lowest BCUT2D eigenvalue weighted by Crippen LogP contribution is -2.32. The third-order valence-corrected chi connectivity index (χ3v) is 5.25. The Morgan fingerprint density at radius 1 is 1.15 bits per heavy atom. The number of pyridine rings is 1. The van der Waals surface area contributed by atoms with Crippen molar-refractivity contribution in [1.82, 2.24) is 10.3 Å². The number of nitrogens with zero attached hydrogens (tertiary/aromatic N) is 2. The Morgan fingerprint density at radius 3 is 2.82 bits per heavy atom. The summed E-state index contributed by atoms with van der Waals surface area (Å²) >= 11 is 0. The molecule has 0 unspecified atom stereocenters. The Morgan fingerprint density at radius 2 is 2.00 bits per heavy atom. The van der Waals surface area contributed by atoms with Crippen LogP contribution in [0.5, 0.6) is 17.4 Å². The standard InChI is InChI=1S/C24H32N4O4.HI/c1-29-23-14-19(8-10-25-23)16-27-24(26-9-2-11-30-17-18-4-5-18)28-20-6-7-21-22(15-20)32-13-3-12-31-21;/h6-8,10,14-15,18H,2-5,9,11-13,16-17H2,1H3,(H2,26,27,28);1H. The quantitative estimate of drug-likeness (QED) is 0.192. The van der Waals surface area contributed by atoms with Crippen molar-refractivity contribution in [3.05, 3.63) is 42.1 Å². The number of rotatable bonds is 10. The third kappa shape index (κ3) is 8.54. The Balaban J connectivity index is 0.00000306. The number of guanidine groups is 1. The van der Waals surface area contributed by atoms with Crippen LogP contribution in [0.4, 0.5) is 5.69 Å². The Hall–Kier alpha value is -2.27. The van der Waals surface area contributed by atoms with E-state index in [1.807, 2.05) is 30.3 Å². The lowest BCUT2D eigenvalue weighted by Gasteiger charge is -2.15. The van der Waals surface area contributed by atoms with Gasteiger partial charge in [0.05, 0.1) is 26.9 Å². The molecule has 2 aliphatic rings. The van der Waals surface area contributed by atoms with Gasteiger partial charge in [0.2, 0.25) is 5.88 Å². The third-order valence-electron chi connectivity index (χ3n) is 5.25. The molecule has 2 aromatic rings. The highest BCUT2D eigenvalue weighted by atomic mass is 127. The zero-order chi connectivity index (χ0) is 22.0. The van der Waals surface area contributed by atoms with Crippen molar-refractivity contribution in [2.24, 2.45) is 10.9 Å². The fourth-order valence-electron chi connectivity index (χ4n) is 3.26. The van der Waals surface area contributed by atoms with Gasteiger partial charge in [0.25, 0.3) is 0 Å². The molecular weight excluding hydrogens is 535 g/mol. The number of aromatic nitrogens is 1. The van der Waals surface area contributed by atoms with Crippen LogP contribution in [0.2, 0.25) is 0 Å². The molecule has 8 nitrogen and oxygen atoms in total. The van der Waals surface area contributed by atoms with Crippen molar-refractivity contribution in [3.8, 4) is 17.4 Å². The van der Waals surface area contributed by atoms with Gasteiger partial charge in [-0.1, -0.05) is 0 Å². The number of anilines is 1. The zero-order valence-corrected chi connectivity index (χ0v) is 21.4. The maximum atomic E-state index is 5.81. The molecule has 0 atom stereocenters. The number of ether oxygens (including phenoxy) is 4. The minimum absolute atomic E-state index is 0. The first-order valence-corrected chi connectivity index (χ1v) is 11.3. The maximum Gasteiger partial charge on any atom is 0.213 e. The monoisotopic (exact) mass is 568 g/mol. The van der Waals surface area contributed by atoms with Gasteiger partial charge in [0.1, 0.15) is 0 Å². The summed E-state index contributed by atoms with van der Waals surface area (Å²) < 4.78 is 22.5. The van der Waals surface area contributed by atoms with E-state index in [2.05, 4.69) is 15.6 Å². The number of aliphatic imine (C=N–C) groups is 1. The van der Waals surface area contributed by atoms with Crippen molar-refractivity contribution < 1.29 is 18.9 Å². The second kappa shape index (κ2) is 13.4. The maximum absolute atomic E-state index is 5.81. The van der Waals surface area contributed by atoms with Crippen LogP contribution < -0.4 is 24.8 Å². The molecule has 180 valence electrons. The summed E-state index contributed by atoms with van der Waals surface area (Å²) in [7, 11) is 1.61. The van der Waals surface area contributed by atoms with Gasteiger partial charge in [-0.25, -0.2) is 9.98 Å². The number of nitrogens with one attached hydrogen (secondary N) is 2. The number of benzene rings is 1. The van der Waals surface area contributed by atoms with Crippen LogP contribution in [0.3, 0.4) is 0 Å². The van der Waals surface area contributed by atoms with E-state index >= 15 is 0 Å². The molecule has 0 saturated heterocycles. The minimum Gasteiger partial charge on any atom is -0.490 e. The van der Waals surface area contributed by atoms with Gasteiger partial charge in [-0.15, -0.1) is 24.0 Å². The molecule has 9 heteroatoms. The Labute approximate surface area is 212 Å². The van der Waals surface area contributed by atoms with Gasteiger partial charge in [-0.2, -0.15) is 0 Å². The Bertz CT molecular complexity index is 908. The van der Waals surface area contributed by atoms with Gasteiger partial charge in [0, 0.05) is 50.2 Å². The number of methoxy groups -OCH3 is 1. The lowest BCUT2D eigenvalue weighted by atomic mass is 10.2. The first-order chi connectivity index (χ1) is 15.8. The SMILES string of the molecule is COc1cc(CN=C(NCCCOCC2CC2)Nc2ccc3c(c2)OCCCO3)ccn1.I. The van der Waals surface area contributed by atoms with Crippen molar-refractivity contribution in [2.75, 3.05) is 45.4 Å². The molecule has 0 spiro atoms. The van der Waals surface area contributed by atoms with Gasteiger partial charge < -0.3 is 29.6 Å². The molecule has 2 heterocycles. The molecule has 0 bridgehead atoms. The van der Waals surface area contributed by atoms with E-state index in [-0.39, 0.29) is 24.0 Å². The predicted octanol–water partition coefficient (Wildman–Crippen LogP) is 4.24. The van der Waals surface area contributed by atoms with Crippen LogP contribution >= 0.6 is 24.0 Å². The highest BCUT2D eigenvalue weighted by Gasteiger charge is 2.20. The van der Waals surface area contributed by atoms with E-state index in [0.717, 1.165) is 61.3 Å². The van der Waals surface area contributed by atoms with E-state index in [9.17, 15) is 0 Å². The highest BCUT2D eigenvalue weighted by Crippen LogP contribution is 2.32. The lowest BCUT2D eigenvalue weighted by molar-refractivity contribution is 0.123. The molecule has 0 radical (unpaired) electrons. The van der Waals surface area contributed by atoms with Crippen LogP contribution in [-0.4, -0.2) is 51.0 Å². The second-order valence-electron chi connectivity index (χ2n) is 8.01. The molecule has 1 aliphatic heterocycles. The average molecular weight is 568 g/mol. The molecule has 1 saturated carbocycles. The van der Waals surface area contributed by atoms with Crippen molar-refractivity contribution in [3.63, 3.8) is 0 Å². The van der Waals surface area contributed by atoms with Crippen LogP contribution in [0.25, 0.3) is 0 Å². The average Bonchev–Trinajstić information content (AvgIpc) is 3.66. The van der Waals surface area contributed by atoms with Crippen molar-refractivity contribution in [2.45, 2.75) is 32.2 Å². The van der Waals surface area contributed by atoms with Crippen LogP contribution in [0, 0.1) is 5.92 Å². The number of halogens is 1. The number of fused-ring (bicyclic) bond motifs is 1. The van der Waals surface area contributed by atoms with Crippen molar-refractivity contribution in [1.29, 1.82) is 0 Å². The van der Waals surface area contributed by atoms with E-state index in [1.54, 1.807) is 13.3 Å². The summed E-state index contributed by atoms with van der Waals surface area (Å²) in [4.78, 5) is 8.90. The van der Waals surface area contributed by atoms with Crippen molar-refractivity contribution >= 4 is 35.6 Å². The van der Waals surface area contributed by atoms with Crippen LogP contribution in [-0.2, 0) is 11.3 Å². The van der Waals surface area contributed by atoms with Gasteiger partial charge in [0.15, 0.2) is 17.5 Å². The van der Waals surface area contributed by atoms with E-state index < -0.39 is 0 Å². The first-order valence-electron chi connectivity index (χ1n) is 11.3. The number of hydrogen-bond acceptors (Lipinski definition) is 6. The summed E-state index contributed by atoms with van der Waals surface area (Å²) in [5.74, 6) is 3.59. The molecule has 2 N–H and O–H groups in total. The van der Waals surface area contributed by atoms with Gasteiger partial charge in [-0.3, -0.25) is 0 Å². The van der Waals surface area contributed by atoms with Crippen LogP contribution in [0.15, 0.2) is 41.5 Å². The molecule has 1 aliphatic carbocycles. The van der Waals surface area contributed by atoms with E-state index in [0.29, 0.717) is 31.6 Å². The number of hydrogen-bond donors (Lipinski definition) is 2. The van der Waals surface area contributed by atoms with E-state index in [1.165, 1.54) is 12.8 Å². The topological polar surface area (TPSA) is 86.2 Å². The van der Waals surface area contributed by atoms with Crippen LogP contribution in [0.1, 0.15) is 31.2 Å². The Kier molecular flexibility index (Phi) is 10.3. The minimum atomic E-state index is 0. The van der Waals surface area contributed by atoms with E-state index in [4.69, 9.17) is 23.9 Å². The molecule has 1 fully saturated rings. The summed E-state index contributed by atoms with van der Waals surface area (Å²) in [5, 5.41) is 6.79. The first kappa shape index (κ1) is 25.4. The molecule has 1 aromatic carbocycles. The smallest absolute Gasteiger partial charge is 0.213 e. The van der Waals surface area contributed by atoms with Gasteiger partial charge >= 0.3 is 0 Å². The molecule has 33 heavy (non-hydrogen) atoms. The largest absolute Gasteiger partial charge is 0.490 e. The predicted molar refractivity (Wildman–Crippen MR) is 139 cm³/mol. The zero-order valence-electron chi connectivity index (χ0n) is 19.0. The summed E-state index contributed by atoms with van der Waals surface area (Å²) in [6.07, 6.45) is 6.15. The van der Waals surface area contributed by atoms with Gasteiger partial charge in [-0.05, 0) is 48.9 Å². The molecular formula is C24H33IN4O4. The summed E-state index contributed by atoms with van der Waals surface area (Å²) in [6.45, 7) is 4.23. The highest BCUT2D eigenvalue weighted by molar-refractivity contribution is 14.0. The summed E-state index contributed by atoms with van der Waals surface area (Å²) in [5.41, 5.74) is 1.90. The fourth-order valence-corrected chi connectivity index (χ4v) is 3.26. The second-order valence-corrected chi connectivity index (χ2v) is 8.01. The molecule has 0 amide bonds. The normalized spacial score (nSPS) is 15.2. The summed E-state index contributed by atoms with van der Waals surface area (Å²) in [6, 6.07) is 9.67. The molecule has 1 aromatic heterocycles. The fraction of sp³-hybridized carbons (Fsp3) is 0.500.